The lowest BCUT2D eigenvalue weighted by atomic mass is 10.1. The van der Waals surface area contributed by atoms with Crippen LogP contribution in [0, 0.1) is 6.92 Å². The number of fused-ring (bicyclic) bond motifs is 3. The van der Waals surface area contributed by atoms with E-state index in [2.05, 4.69) is 25.6 Å². The highest BCUT2D eigenvalue weighted by Gasteiger charge is 2.33. The molecular weight excluding hydrogens is 518 g/mol. The summed E-state index contributed by atoms with van der Waals surface area (Å²) in [5.41, 5.74) is 1.00. The zero-order valence-corrected chi connectivity index (χ0v) is 19.9. The van der Waals surface area contributed by atoms with Gasteiger partial charge in [0.25, 0.3) is 5.91 Å². The van der Waals surface area contributed by atoms with Gasteiger partial charge in [-0.1, -0.05) is 47.5 Å². The quantitative estimate of drug-likeness (QED) is 0.226. The monoisotopic (exact) mass is 533 g/mol. The smallest absolute Gasteiger partial charge is 0.416 e. The minimum Gasteiger partial charge on any atom is -0.440 e. The average Bonchev–Trinajstić information content (AvgIpc) is 3.41. The van der Waals surface area contributed by atoms with Crippen molar-refractivity contribution < 1.29 is 22.4 Å². The molecule has 1 amide bonds. The van der Waals surface area contributed by atoms with Crippen LogP contribution >= 0.6 is 23.2 Å². The molecule has 3 N–H and O–H groups in total. The Balaban J connectivity index is 1.50. The van der Waals surface area contributed by atoms with Crippen molar-refractivity contribution in [2.24, 2.45) is 0 Å². The van der Waals surface area contributed by atoms with Crippen molar-refractivity contribution in [1.29, 1.82) is 0 Å². The fraction of sp³-hybridized carbons (Fsp3) is 0.125. The number of aromatic amines is 1. The van der Waals surface area contributed by atoms with Crippen molar-refractivity contribution in [2.45, 2.75) is 19.6 Å². The van der Waals surface area contributed by atoms with Crippen LogP contribution in [-0.2, 0) is 12.7 Å². The predicted octanol–water partition coefficient (Wildman–Crippen LogP) is 7.01. The molecule has 7 nitrogen and oxygen atoms in total. The molecule has 5 aromatic rings. The van der Waals surface area contributed by atoms with Gasteiger partial charge in [-0.05, 0) is 29.8 Å². The fourth-order valence-electron chi connectivity index (χ4n) is 3.84. The van der Waals surface area contributed by atoms with Crippen LogP contribution in [0.1, 0.15) is 27.4 Å². The van der Waals surface area contributed by atoms with Crippen molar-refractivity contribution in [3.05, 3.63) is 81.2 Å². The van der Waals surface area contributed by atoms with Crippen LogP contribution in [0.2, 0.25) is 10.0 Å². The van der Waals surface area contributed by atoms with Crippen molar-refractivity contribution in [2.75, 3.05) is 5.32 Å². The summed E-state index contributed by atoms with van der Waals surface area (Å²) in [4.78, 5) is 25.0. The van der Waals surface area contributed by atoms with Gasteiger partial charge in [0, 0.05) is 13.5 Å². The van der Waals surface area contributed by atoms with Gasteiger partial charge in [-0.2, -0.15) is 13.2 Å². The van der Waals surface area contributed by atoms with E-state index in [-0.39, 0.29) is 23.3 Å². The second kappa shape index (κ2) is 9.03. The van der Waals surface area contributed by atoms with Gasteiger partial charge >= 0.3 is 6.18 Å². The number of benzene rings is 3. The van der Waals surface area contributed by atoms with Gasteiger partial charge in [0.2, 0.25) is 5.95 Å². The zero-order chi connectivity index (χ0) is 25.6. The third-order valence-corrected chi connectivity index (χ3v) is 6.07. The predicted molar refractivity (Wildman–Crippen MR) is 131 cm³/mol. The van der Waals surface area contributed by atoms with E-state index in [9.17, 15) is 18.0 Å². The molecule has 0 radical (unpaired) electrons. The number of hydrogen-bond donors (Lipinski definition) is 3. The van der Waals surface area contributed by atoms with Crippen LogP contribution in [0.15, 0.2) is 52.9 Å². The number of H-pyrrole nitrogens is 1. The summed E-state index contributed by atoms with van der Waals surface area (Å²) >= 11 is 12.5. The van der Waals surface area contributed by atoms with Gasteiger partial charge in [0.05, 0.1) is 32.4 Å². The number of alkyl halides is 3. The Morgan fingerprint density at radius 3 is 2.50 bits per heavy atom. The number of nitrogens with zero attached hydrogens (tertiary/aromatic N) is 2. The fourth-order valence-corrected chi connectivity index (χ4v) is 4.33. The summed E-state index contributed by atoms with van der Waals surface area (Å²) in [6, 6.07) is 11.6. The molecule has 2 heterocycles. The SMILES string of the molecule is Cc1nc2c(o1)c(C(=O)NCc1ccccc1C(F)(F)F)cc1[nH]c(Nc3c(Cl)cccc3Cl)nc12. The molecule has 5 rings (SSSR count). The minimum atomic E-state index is -4.54. The molecule has 36 heavy (non-hydrogen) atoms. The molecule has 0 unspecified atom stereocenters. The molecular formula is C24H16Cl2F3N5O2. The summed E-state index contributed by atoms with van der Waals surface area (Å²) in [5, 5.41) is 6.32. The first-order valence-corrected chi connectivity index (χ1v) is 11.3. The first-order chi connectivity index (χ1) is 17.1. The number of aryl methyl sites for hydroxylation is 1. The van der Waals surface area contributed by atoms with Gasteiger partial charge in [-0.15, -0.1) is 0 Å². The molecule has 0 atom stereocenters. The maximum absolute atomic E-state index is 13.3. The molecule has 0 aliphatic heterocycles. The number of para-hydroxylation sites is 1. The lowest BCUT2D eigenvalue weighted by molar-refractivity contribution is -0.138. The topological polar surface area (TPSA) is 95.8 Å². The van der Waals surface area contributed by atoms with E-state index in [1.54, 1.807) is 25.1 Å². The summed E-state index contributed by atoms with van der Waals surface area (Å²) in [7, 11) is 0. The Kier molecular flexibility index (Phi) is 6.01. The molecule has 0 saturated heterocycles. The largest absolute Gasteiger partial charge is 0.440 e. The zero-order valence-electron chi connectivity index (χ0n) is 18.4. The second-order valence-electron chi connectivity index (χ2n) is 7.88. The van der Waals surface area contributed by atoms with Crippen LogP contribution in [0.4, 0.5) is 24.8 Å². The number of anilines is 2. The van der Waals surface area contributed by atoms with Crippen LogP contribution in [-0.4, -0.2) is 20.9 Å². The highest BCUT2D eigenvalue weighted by Crippen LogP contribution is 2.35. The molecule has 0 aliphatic carbocycles. The van der Waals surface area contributed by atoms with Crippen molar-refractivity contribution >= 4 is 62.9 Å². The number of rotatable bonds is 5. The number of halogens is 5. The highest BCUT2D eigenvalue weighted by molar-refractivity contribution is 6.39. The third-order valence-electron chi connectivity index (χ3n) is 5.44. The molecule has 0 fully saturated rings. The molecule has 2 aromatic heterocycles. The van der Waals surface area contributed by atoms with Crippen molar-refractivity contribution in [1.82, 2.24) is 20.3 Å². The number of oxazole rings is 1. The normalized spacial score (nSPS) is 11.8. The van der Waals surface area contributed by atoms with E-state index in [4.69, 9.17) is 27.6 Å². The van der Waals surface area contributed by atoms with E-state index in [0.29, 0.717) is 44.1 Å². The van der Waals surface area contributed by atoms with E-state index < -0.39 is 17.6 Å². The maximum Gasteiger partial charge on any atom is 0.416 e. The summed E-state index contributed by atoms with van der Waals surface area (Å²) in [5.74, 6) is -0.0486. The molecule has 0 saturated carbocycles. The van der Waals surface area contributed by atoms with E-state index in [1.165, 1.54) is 24.3 Å². The molecule has 3 aromatic carbocycles. The van der Waals surface area contributed by atoms with Gasteiger partial charge in [0.15, 0.2) is 11.5 Å². The first-order valence-electron chi connectivity index (χ1n) is 10.6. The van der Waals surface area contributed by atoms with E-state index in [0.717, 1.165) is 6.07 Å². The van der Waals surface area contributed by atoms with Crippen molar-refractivity contribution in [3.8, 4) is 0 Å². The van der Waals surface area contributed by atoms with Crippen molar-refractivity contribution in [3.63, 3.8) is 0 Å². The van der Waals surface area contributed by atoms with Crippen LogP contribution in [0.3, 0.4) is 0 Å². The lowest BCUT2D eigenvalue weighted by Gasteiger charge is -2.13. The van der Waals surface area contributed by atoms with Gasteiger partial charge in [-0.25, -0.2) is 9.97 Å². The van der Waals surface area contributed by atoms with Crippen LogP contribution in [0.25, 0.3) is 22.1 Å². The first kappa shape index (κ1) is 24.0. The second-order valence-corrected chi connectivity index (χ2v) is 8.69. The lowest BCUT2D eigenvalue weighted by Crippen LogP contribution is -2.24. The van der Waals surface area contributed by atoms with Crippen LogP contribution < -0.4 is 10.6 Å². The Labute approximate surface area is 211 Å². The molecule has 184 valence electrons. The molecule has 0 aliphatic rings. The average molecular weight is 534 g/mol. The molecule has 0 bridgehead atoms. The Morgan fingerprint density at radius 1 is 1.06 bits per heavy atom. The Bertz CT molecular complexity index is 1610. The molecule has 12 heteroatoms. The minimum absolute atomic E-state index is 0.0610. The Hall–Kier alpha value is -3.76. The standard InChI is InChI=1S/C24H16Cl2F3N5O2/c1-11-31-20-19-17(32-23(34-19)33-18-15(25)7-4-8-16(18)26)9-13(21(20)36-11)22(35)30-10-12-5-2-3-6-14(12)24(27,28)29/h2-9H,10H2,1H3,(H,30,35)(H2,32,33,34). The summed E-state index contributed by atoms with van der Waals surface area (Å²) < 4.78 is 45.6. The number of carbonyl (C=O) groups excluding carboxylic acids is 1. The number of imidazole rings is 1. The van der Waals surface area contributed by atoms with E-state index >= 15 is 0 Å². The van der Waals surface area contributed by atoms with E-state index in [1.807, 2.05) is 0 Å². The summed E-state index contributed by atoms with van der Waals surface area (Å²) in [6.45, 7) is 1.28. The number of amides is 1. The maximum atomic E-state index is 13.3. The summed E-state index contributed by atoms with van der Waals surface area (Å²) in [6.07, 6.45) is -4.54. The third kappa shape index (κ3) is 4.45. The number of carbonyl (C=O) groups is 1. The molecule has 0 spiro atoms. The number of aromatic nitrogens is 3. The van der Waals surface area contributed by atoms with Crippen LogP contribution in [0.5, 0.6) is 0 Å². The Morgan fingerprint density at radius 2 is 1.78 bits per heavy atom. The van der Waals surface area contributed by atoms with Gasteiger partial charge in [0.1, 0.15) is 11.0 Å². The number of nitrogens with one attached hydrogen (secondary N) is 3. The number of hydrogen-bond acceptors (Lipinski definition) is 5. The highest BCUT2D eigenvalue weighted by atomic mass is 35.5. The van der Waals surface area contributed by atoms with Gasteiger partial charge < -0.3 is 20.0 Å². The van der Waals surface area contributed by atoms with Gasteiger partial charge in [-0.3, -0.25) is 4.79 Å².